The van der Waals surface area contributed by atoms with Gasteiger partial charge in [0.25, 0.3) is 0 Å². The number of aryl methyl sites for hydroxylation is 1. The summed E-state index contributed by atoms with van der Waals surface area (Å²) in [4.78, 5) is 11.8. The molecule has 0 radical (unpaired) electrons. The molecule has 3 aromatic rings. The van der Waals surface area contributed by atoms with E-state index in [-0.39, 0.29) is 0 Å². The Bertz CT molecular complexity index is 607. The molecule has 0 spiro atoms. The van der Waals surface area contributed by atoms with Gasteiger partial charge in [0.05, 0.1) is 18.1 Å². The summed E-state index contributed by atoms with van der Waals surface area (Å²) in [6.07, 6.45) is 7.28. The summed E-state index contributed by atoms with van der Waals surface area (Å²) in [5.41, 5.74) is 3.48. The van der Waals surface area contributed by atoms with Gasteiger partial charge in [-0.2, -0.15) is 5.10 Å². The Morgan fingerprint density at radius 3 is 3.07 bits per heavy atom. The van der Waals surface area contributed by atoms with Gasteiger partial charge < -0.3 is 4.98 Å². The minimum atomic E-state index is 0.802. The number of nitrogens with zero attached hydrogens (tertiary/aromatic N) is 4. The molecule has 0 saturated heterocycles. The van der Waals surface area contributed by atoms with Crippen molar-refractivity contribution in [2.45, 2.75) is 0 Å². The summed E-state index contributed by atoms with van der Waals surface area (Å²) in [7, 11) is 1.88. The van der Waals surface area contributed by atoms with E-state index in [1.54, 1.807) is 17.1 Å². The number of nitrogens with one attached hydrogen (secondary N) is 1. The van der Waals surface area contributed by atoms with E-state index in [1.807, 2.05) is 25.5 Å². The molecule has 0 saturated carbocycles. The van der Waals surface area contributed by atoms with Crippen molar-refractivity contribution in [3.63, 3.8) is 0 Å². The second-order valence-corrected chi connectivity index (χ2v) is 3.37. The van der Waals surface area contributed by atoms with Gasteiger partial charge in [0.1, 0.15) is 5.52 Å². The molecule has 3 heterocycles. The molecule has 0 aromatic carbocycles. The lowest BCUT2D eigenvalue weighted by molar-refractivity contribution is 0.768. The summed E-state index contributed by atoms with van der Waals surface area (Å²) < 4.78 is 1.75. The molecule has 0 amide bonds. The Morgan fingerprint density at radius 2 is 2.27 bits per heavy atom. The predicted octanol–water partition coefficient (Wildman–Crippen LogP) is 1.36. The third-order valence-electron chi connectivity index (χ3n) is 2.26. The van der Waals surface area contributed by atoms with Crippen LogP contribution in [0.3, 0.4) is 0 Å². The van der Waals surface area contributed by atoms with Crippen molar-refractivity contribution in [3.8, 4) is 11.3 Å². The molecule has 3 aromatic heterocycles. The van der Waals surface area contributed by atoms with Gasteiger partial charge in [-0.25, -0.2) is 4.98 Å². The summed E-state index contributed by atoms with van der Waals surface area (Å²) in [5.74, 6) is 0. The Balaban J connectivity index is 2.18. The highest BCUT2D eigenvalue weighted by Gasteiger charge is 2.04. The van der Waals surface area contributed by atoms with E-state index in [9.17, 15) is 0 Å². The van der Waals surface area contributed by atoms with Crippen molar-refractivity contribution in [3.05, 3.63) is 30.9 Å². The van der Waals surface area contributed by atoms with Gasteiger partial charge in [0.15, 0.2) is 5.65 Å². The van der Waals surface area contributed by atoms with Crippen molar-refractivity contribution in [1.29, 1.82) is 0 Å². The Hall–Kier alpha value is -2.17. The molecule has 0 atom stereocenters. The van der Waals surface area contributed by atoms with Crippen LogP contribution in [-0.4, -0.2) is 24.7 Å². The second kappa shape index (κ2) is 2.91. The first-order valence-electron chi connectivity index (χ1n) is 4.62. The smallest absolute Gasteiger partial charge is 0.156 e. The van der Waals surface area contributed by atoms with Crippen molar-refractivity contribution in [2.24, 2.45) is 7.05 Å². The fourth-order valence-corrected chi connectivity index (χ4v) is 1.52. The number of rotatable bonds is 1. The molecule has 3 rings (SSSR count). The molecule has 0 bridgehead atoms. The molecular weight excluding hydrogens is 190 g/mol. The topological polar surface area (TPSA) is 59.4 Å². The fourth-order valence-electron chi connectivity index (χ4n) is 1.52. The van der Waals surface area contributed by atoms with Crippen LogP contribution in [0.1, 0.15) is 0 Å². The van der Waals surface area contributed by atoms with E-state index in [0.29, 0.717) is 0 Å². The summed E-state index contributed by atoms with van der Waals surface area (Å²) in [6.45, 7) is 0. The number of aromatic nitrogens is 5. The Kier molecular flexibility index (Phi) is 1.58. The molecule has 5 heteroatoms. The number of hydrogen-bond acceptors (Lipinski definition) is 3. The molecule has 1 N–H and O–H groups in total. The lowest BCUT2D eigenvalue weighted by Gasteiger charge is -1.95. The highest BCUT2D eigenvalue weighted by molar-refractivity contribution is 5.73. The van der Waals surface area contributed by atoms with Crippen LogP contribution < -0.4 is 0 Å². The van der Waals surface area contributed by atoms with E-state index >= 15 is 0 Å². The first-order valence-corrected chi connectivity index (χ1v) is 4.62. The standard InChI is InChI=1S/C10H9N5/c1-15-6-7(4-13-15)9-5-12-8-2-3-11-10(8)14-9/h2-6H,1H3,(H,11,14). The maximum Gasteiger partial charge on any atom is 0.156 e. The molecule has 0 aliphatic rings. The van der Waals surface area contributed by atoms with Crippen LogP contribution in [0.25, 0.3) is 22.4 Å². The van der Waals surface area contributed by atoms with E-state index < -0.39 is 0 Å². The highest BCUT2D eigenvalue weighted by Crippen LogP contribution is 2.16. The molecule has 0 aliphatic carbocycles. The van der Waals surface area contributed by atoms with E-state index in [2.05, 4.69) is 20.1 Å². The van der Waals surface area contributed by atoms with Crippen LogP contribution in [0.5, 0.6) is 0 Å². The average molecular weight is 199 g/mol. The number of fused-ring (bicyclic) bond motifs is 1. The number of aromatic amines is 1. The second-order valence-electron chi connectivity index (χ2n) is 3.37. The minimum Gasteiger partial charge on any atom is -0.345 e. The van der Waals surface area contributed by atoms with E-state index in [4.69, 9.17) is 0 Å². The molecule has 5 nitrogen and oxygen atoms in total. The first-order chi connectivity index (χ1) is 7.33. The molecule has 0 aliphatic heterocycles. The molecule has 74 valence electrons. The third kappa shape index (κ3) is 1.28. The zero-order valence-corrected chi connectivity index (χ0v) is 8.18. The lowest BCUT2D eigenvalue weighted by Crippen LogP contribution is -1.86. The maximum absolute atomic E-state index is 4.45. The predicted molar refractivity (Wildman–Crippen MR) is 56.1 cm³/mol. The summed E-state index contributed by atoms with van der Waals surface area (Å²) in [6, 6.07) is 1.90. The van der Waals surface area contributed by atoms with Crippen LogP contribution in [0, 0.1) is 0 Å². The fraction of sp³-hybridized carbons (Fsp3) is 0.100. The van der Waals surface area contributed by atoms with Crippen molar-refractivity contribution < 1.29 is 0 Å². The normalized spacial score (nSPS) is 11.0. The minimum absolute atomic E-state index is 0.802. The maximum atomic E-state index is 4.45. The van der Waals surface area contributed by atoms with Gasteiger partial charge in [-0.1, -0.05) is 0 Å². The van der Waals surface area contributed by atoms with Gasteiger partial charge in [0, 0.05) is 25.0 Å². The Labute approximate surface area is 85.8 Å². The lowest BCUT2D eigenvalue weighted by atomic mass is 10.3. The van der Waals surface area contributed by atoms with Crippen LogP contribution in [0.4, 0.5) is 0 Å². The first kappa shape index (κ1) is 8.16. The zero-order valence-electron chi connectivity index (χ0n) is 8.18. The number of H-pyrrole nitrogens is 1. The van der Waals surface area contributed by atoms with Gasteiger partial charge in [-0.15, -0.1) is 0 Å². The third-order valence-corrected chi connectivity index (χ3v) is 2.26. The van der Waals surface area contributed by atoms with Gasteiger partial charge >= 0.3 is 0 Å². The summed E-state index contributed by atoms with van der Waals surface area (Å²) in [5, 5.41) is 4.10. The van der Waals surface area contributed by atoms with Crippen LogP contribution >= 0.6 is 0 Å². The quantitative estimate of drug-likeness (QED) is 0.643. The summed E-state index contributed by atoms with van der Waals surface area (Å²) >= 11 is 0. The van der Waals surface area contributed by atoms with E-state index in [0.717, 1.165) is 22.4 Å². The van der Waals surface area contributed by atoms with Gasteiger partial charge in [-0.3, -0.25) is 9.67 Å². The average Bonchev–Trinajstić information content (AvgIpc) is 2.84. The van der Waals surface area contributed by atoms with Crippen molar-refractivity contribution in [2.75, 3.05) is 0 Å². The Morgan fingerprint density at radius 1 is 1.33 bits per heavy atom. The molecule has 0 unspecified atom stereocenters. The van der Waals surface area contributed by atoms with Crippen LogP contribution in [-0.2, 0) is 7.05 Å². The van der Waals surface area contributed by atoms with E-state index in [1.165, 1.54) is 0 Å². The monoisotopic (exact) mass is 199 g/mol. The molecule has 0 fully saturated rings. The van der Waals surface area contributed by atoms with Crippen LogP contribution in [0.2, 0.25) is 0 Å². The van der Waals surface area contributed by atoms with Crippen molar-refractivity contribution >= 4 is 11.2 Å². The SMILES string of the molecule is Cn1cc(-c2cnc3cc[nH]c3n2)cn1. The number of hydrogen-bond donors (Lipinski definition) is 1. The molecule has 15 heavy (non-hydrogen) atoms. The largest absolute Gasteiger partial charge is 0.345 e. The van der Waals surface area contributed by atoms with Gasteiger partial charge in [0.2, 0.25) is 0 Å². The highest BCUT2D eigenvalue weighted by atomic mass is 15.2. The van der Waals surface area contributed by atoms with Gasteiger partial charge in [-0.05, 0) is 6.07 Å². The molecular formula is C10H9N5. The zero-order chi connectivity index (χ0) is 10.3. The van der Waals surface area contributed by atoms with Crippen molar-refractivity contribution in [1.82, 2.24) is 24.7 Å². The van der Waals surface area contributed by atoms with Crippen LogP contribution in [0.15, 0.2) is 30.9 Å².